The van der Waals surface area contributed by atoms with Crippen molar-refractivity contribution < 1.29 is 17.9 Å². The van der Waals surface area contributed by atoms with Gasteiger partial charge in [0.2, 0.25) is 5.91 Å². The zero-order valence-corrected chi connectivity index (χ0v) is 20.4. The fourth-order valence-corrected chi connectivity index (χ4v) is 5.12. The molecule has 0 saturated heterocycles. The average molecular weight is 516 g/mol. The van der Waals surface area contributed by atoms with E-state index in [4.69, 9.17) is 40.2 Å². The number of benzene rings is 2. The lowest BCUT2D eigenvalue weighted by atomic mass is 9.89. The highest BCUT2D eigenvalue weighted by Gasteiger charge is 2.22. The van der Waals surface area contributed by atoms with Gasteiger partial charge in [0.15, 0.2) is 5.11 Å². The van der Waals surface area contributed by atoms with Crippen LogP contribution in [-0.4, -0.2) is 26.5 Å². The van der Waals surface area contributed by atoms with Crippen LogP contribution in [0.25, 0.3) is 0 Å². The van der Waals surface area contributed by atoms with Gasteiger partial charge in [-0.2, -0.15) is 0 Å². The second-order valence-electron chi connectivity index (χ2n) is 7.37. The molecule has 2 aromatic rings. The monoisotopic (exact) mass is 515 g/mol. The van der Waals surface area contributed by atoms with Crippen LogP contribution in [0.5, 0.6) is 5.75 Å². The van der Waals surface area contributed by atoms with Crippen LogP contribution in [0.2, 0.25) is 10.0 Å². The molecule has 0 atom stereocenters. The Balaban J connectivity index is 1.74. The summed E-state index contributed by atoms with van der Waals surface area (Å²) >= 11 is 17.1. The number of methoxy groups -OCH3 is 1. The number of thiocarbonyl (C=S) groups is 1. The summed E-state index contributed by atoms with van der Waals surface area (Å²) in [6.07, 6.45) is 4.95. The molecule has 1 aliphatic rings. The molecule has 0 bridgehead atoms. The number of sulfonamides is 1. The van der Waals surface area contributed by atoms with Gasteiger partial charge in [0.1, 0.15) is 5.75 Å². The molecule has 1 amide bonds. The molecule has 3 N–H and O–H groups in total. The predicted octanol–water partition coefficient (Wildman–Crippen LogP) is 5.20. The summed E-state index contributed by atoms with van der Waals surface area (Å²) in [7, 11) is -2.54. The lowest BCUT2D eigenvalue weighted by molar-refractivity contribution is -0.124. The Morgan fingerprint density at radius 1 is 1.06 bits per heavy atom. The van der Waals surface area contributed by atoms with Crippen LogP contribution in [0, 0.1) is 5.92 Å². The van der Waals surface area contributed by atoms with Crippen molar-refractivity contribution in [3.63, 3.8) is 0 Å². The molecule has 0 heterocycles. The lowest BCUT2D eigenvalue weighted by Gasteiger charge is -2.21. The molecule has 32 heavy (non-hydrogen) atoms. The van der Waals surface area contributed by atoms with E-state index in [1.807, 2.05) is 0 Å². The minimum atomic E-state index is -3.97. The van der Waals surface area contributed by atoms with E-state index in [1.165, 1.54) is 31.4 Å². The fraction of sp³-hybridized carbons (Fsp3) is 0.333. The molecule has 1 saturated carbocycles. The van der Waals surface area contributed by atoms with E-state index in [9.17, 15) is 13.2 Å². The van der Waals surface area contributed by atoms with E-state index in [0.717, 1.165) is 32.1 Å². The number of hydrogen-bond donors (Lipinski definition) is 3. The molecule has 172 valence electrons. The molecule has 0 aliphatic heterocycles. The molecule has 0 spiro atoms. The first-order chi connectivity index (χ1) is 15.2. The van der Waals surface area contributed by atoms with Gasteiger partial charge in [0.25, 0.3) is 10.0 Å². The summed E-state index contributed by atoms with van der Waals surface area (Å²) in [4.78, 5) is 12.3. The van der Waals surface area contributed by atoms with E-state index in [0.29, 0.717) is 11.4 Å². The first-order valence-corrected chi connectivity index (χ1v) is 12.6. The van der Waals surface area contributed by atoms with Crippen LogP contribution in [0.1, 0.15) is 32.1 Å². The van der Waals surface area contributed by atoms with Gasteiger partial charge in [0.05, 0.1) is 27.7 Å². The smallest absolute Gasteiger partial charge is 0.262 e. The summed E-state index contributed by atoms with van der Waals surface area (Å²) in [5.41, 5.74) is 0.663. The summed E-state index contributed by atoms with van der Waals surface area (Å²) in [5.74, 6) is 0.167. The third kappa shape index (κ3) is 6.25. The van der Waals surface area contributed by atoms with Crippen LogP contribution in [0.4, 0.5) is 11.4 Å². The van der Waals surface area contributed by atoms with Crippen LogP contribution < -0.4 is 20.1 Å². The normalized spacial score (nSPS) is 14.5. The quantitative estimate of drug-likeness (QED) is 0.457. The van der Waals surface area contributed by atoms with Crippen molar-refractivity contribution >= 4 is 67.8 Å². The number of nitrogens with one attached hydrogen (secondary N) is 3. The molecule has 2 aromatic carbocycles. The van der Waals surface area contributed by atoms with Gasteiger partial charge in [-0.25, -0.2) is 8.42 Å². The summed E-state index contributed by atoms with van der Waals surface area (Å²) < 4.78 is 33.4. The van der Waals surface area contributed by atoms with Crippen molar-refractivity contribution in [3.8, 4) is 5.75 Å². The Bertz CT molecular complexity index is 1120. The number of hydrogen-bond acceptors (Lipinski definition) is 5. The molecule has 3 rings (SSSR count). The van der Waals surface area contributed by atoms with Gasteiger partial charge in [-0.3, -0.25) is 9.52 Å². The third-order valence-corrected chi connectivity index (χ3v) is 7.42. The summed E-state index contributed by atoms with van der Waals surface area (Å²) in [6.45, 7) is 0. The Kier molecular flexibility index (Phi) is 8.21. The molecule has 0 unspecified atom stereocenters. The van der Waals surface area contributed by atoms with E-state index in [-0.39, 0.29) is 37.6 Å². The molecule has 11 heteroatoms. The lowest BCUT2D eigenvalue weighted by Crippen LogP contribution is -2.39. The Morgan fingerprint density at radius 3 is 2.44 bits per heavy atom. The van der Waals surface area contributed by atoms with Crippen molar-refractivity contribution in [3.05, 3.63) is 46.4 Å². The molecule has 7 nitrogen and oxygen atoms in total. The highest BCUT2D eigenvalue weighted by Crippen LogP contribution is 2.31. The number of amides is 1. The molecule has 0 radical (unpaired) electrons. The predicted molar refractivity (Wildman–Crippen MR) is 131 cm³/mol. The molecule has 1 fully saturated rings. The standard InChI is InChI=1S/C21H23Cl2N3O4S2/c1-30-19-10-7-14(24-21(31)25-20(27)13-5-3-2-4-6-13)11-18(19)26-32(28,29)15-8-9-16(22)17(23)12-15/h7-13,26H,2-6H2,1H3,(H2,24,25,27,31). The van der Waals surface area contributed by atoms with E-state index < -0.39 is 10.0 Å². The molecule has 1 aliphatic carbocycles. The van der Waals surface area contributed by atoms with Gasteiger partial charge in [0, 0.05) is 11.6 Å². The van der Waals surface area contributed by atoms with E-state index >= 15 is 0 Å². The van der Waals surface area contributed by atoms with Crippen molar-refractivity contribution in [2.75, 3.05) is 17.1 Å². The largest absolute Gasteiger partial charge is 0.495 e. The zero-order chi connectivity index (χ0) is 23.3. The highest BCUT2D eigenvalue weighted by molar-refractivity contribution is 7.92. The first-order valence-electron chi connectivity index (χ1n) is 9.97. The number of anilines is 2. The number of ether oxygens (including phenoxy) is 1. The first kappa shape index (κ1) is 24.6. The third-order valence-electron chi connectivity index (χ3n) is 5.12. The SMILES string of the molecule is COc1ccc(NC(=S)NC(=O)C2CCCCC2)cc1NS(=O)(=O)c1ccc(Cl)c(Cl)c1. The average Bonchev–Trinajstić information content (AvgIpc) is 2.76. The number of rotatable bonds is 6. The molecular formula is C21H23Cl2N3O4S2. The fourth-order valence-electron chi connectivity index (χ4n) is 3.45. The Hall–Kier alpha value is -2.07. The van der Waals surface area contributed by atoms with Gasteiger partial charge in [-0.05, 0) is 61.5 Å². The van der Waals surface area contributed by atoms with Crippen LogP contribution >= 0.6 is 35.4 Å². The maximum Gasteiger partial charge on any atom is 0.262 e. The Morgan fingerprint density at radius 2 is 1.78 bits per heavy atom. The Labute approximate surface area is 202 Å². The van der Waals surface area contributed by atoms with Crippen LogP contribution in [0.3, 0.4) is 0 Å². The maximum atomic E-state index is 12.8. The summed E-state index contributed by atoms with van der Waals surface area (Å²) in [5, 5.41) is 6.14. The van der Waals surface area contributed by atoms with Gasteiger partial charge >= 0.3 is 0 Å². The number of carbonyl (C=O) groups is 1. The number of halogens is 2. The van der Waals surface area contributed by atoms with Crippen molar-refractivity contribution in [2.45, 2.75) is 37.0 Å². The maximum absolute atomic E-state index is 12.8. The number of carbonyl (C=O) groups excluding carboxylic acids is 1. The minimum absolute atomic E-state index is 0.0343. The van der Waals surface area contributed by atoms with E-state index in [2.05, 4.69) is 15.4 Å². The van der Waals surface area contributed by atoms with Crippen molar-refractivity contribution in [1.82, 2.24) is 5.32 Å². The molecule has 0 aromatic heterocycles. The second kappa shape index (κ2) is 10.7. The van der Waals surface area contributed by atoms with Crippen molar-refractivity contribution in [1.29, 1.82) is 0 Å². The van der Waals surface area contributed by atoms with Gasteiger partial charge < -0.3 is 15.4 Å². The van der Waals surface area contributed by atoms with Gasteiger partial charge in [-0.15, -0.1) is 0 Å². The minimum Gasteiger partial charge on any atom is -0.495 e. The van der Waals surface area contributed by atoms with Crippen LogP contribution in [-0.2, 0) is 14.8 Å². The van der Waals surface area contributed by atoms with Gasteiger partial charge in [-0.1, -0.05) is 42.5 Å². The zero-order valence-electron chi connectivity index (χ0n) is 17.3. The second-order valence-corrected chi connectivity index (χ2v) is 10.3. The summed E-state index contributed by atoms with van der Waals surface area (Å²) in [6, 6.07) is 8.78. The molecular weight excluding hydrogens is 493 g/mol. The van der Waals surface area contributed by atoms with Crippen LogP contribution in [0.15, 0.2) is 41.3 Å². The topological polar surface area (TPSA) is 96.5 Å². The van der Waals surface area contributed by atoms with E-state index in [1.54, 1.807) is 12.1 Å². The van der Waals surface area contributed by atoms with Crippen molar-refractivity contribution in [2.24, 2.45) is 5.92 Å². The highest BCUT2D eigenvalue weighted by atomic mass is 35.5.